The van der Waals surface area contributed by atoms with Gasteiger partial charge in [-0.1, -0.05) is 32.9 Å². The zero-order valence-electron chi connectivity index (χ0n) is 11.9. The molecule has 0 saturated carbocycles. The number of benzene rings is 1. The first-order valence-corrected chi connectivity index (χ1v) is 7.22. The standard InChI is InChI=1S/C16H26N2/c1-4-16(17)13-5-7-15(8-6-13)18-10-9-14(11-18)12(2)3/h5-8,12,14,16H,4,9-11,17H2,1-3H3. The van der Waals surface area contributed by atoms with Crippen LogP contribution in [0.4, 0.5) is 5.69 Å². The lowest BCUT2D eigenvalue weighted by molar-refractivity contribution is 0.423. The maximum atomic E-state index is 6.05. The van der Waals surface area contributed by atoms with Gasteiger partial charge in [0.05, 0.1) is 0 Å². The second-order valence-corrected chi connectivity index (χ2v) is 5.85. The number of rotatable bonds is 4. The van der Waals surface area contributed by atoms with Crippen molar-refractivity contribution in [1.29, 1.82) is 0 Å². The van der Waals surface area contributed by atoms with Crippen molar-refractivity contribution >= 4 is 5.69 Å². The monoisotopic (exact) mass is 246 g/mol. The van der Waals surface area contributed by atoms with E-state index < -0.39 is 0 Å². The van der Waals surface area contributed by atoms with Gasteiger partial charge in [-0.15, -0.1) is 0 Å². The van der Waals surface area contributed by atoms with Crippen LogP contribution in [-0.2, 0) is 0 Å². The van der Waals surface area contributed by atoms with Gasteiger partial charge in [0.25, 0.3) is 0 Å². The van der Waals surface area contributed by atoms with E-state index in [2.05, 4.69) is 49.9 Å². The van der Waals surface area contributed by atoms with Crippen molar-refractivity contribution in [2.45, 2.75) is 39.7 Å². The van der Waals surface area contributed by atoms with Crippen LogP contribution in [0.2, 0.25) is 0 Å². The fourth-order valence-corrected chi connectivity index (χ4v) is 2.73. The fraction of sp³-hybridized carbons (Fsp3) is 0.625. The largest absolute Gasteiger partial charge is 0.371 e. The Hall–Kier alpha value is -1.02. The zero-order valence-corrected chi connectivity index (χ0v) is 11.9. The maximum absolute atomic E-state index is 6.05. The van der Waals surface area contributed by atoms with E-state index in [-0.39, 0.29) is 6.04 Å². The molecular weight excluding hydrogens is 220 g/mol. The van der Waals surface area contributed by atoms with Gasteiger partial charge in [-0.2, -0.15) is 0 Å². The van der Waals surface area contributed by atoms with Crippen LogP contribution in [0.5, 0.6) is 0 Å². The zero-order chi connectivity index (χ0) is 13.1. The molecule has 2 atom stereocenters. The van der Waals surface area contributed by atoms with E-state index in [1.54, 1.807) is 0 Å². The molecule has 0 amide bonds. The smallest absolute Gasteiger partial charge is 0.0366 e. The van der Waals surface area contributed by atoms with Gasteiger partial charge in [-0.25, -0.2) is 0 Å². The summed E-state index contributed by atoms with van der Waals surface area (Å²) in [5.74, 6) is 1.64. The van der Waals surface area contributed by atoms with E-state index in [4.69, 9.17) is 5.73 Å². The molecule has 100 valence electrons. The van der Waals surface area contributed by atoms with E-state index in [1.165, 1.54) is 30.8 Å². The highest BCUT2D eigenvalue weighted by atomic mass is 15.1. The molecule has 1 aliphatic heterocycles. The van der Waals surface area contributed by atoms with Crippen molar-refractivity contribution in [3.8, 4) is 0 Å². The molecule has 1 saturated heterocycles. The number of hydrogen-bond donors (Lipinski definition) is 1. The maximum Gasteiger partial charge on any atom is 0.0366 e. The van der Waals surface area contributed by atoms with E-state index in [0.717, 1.165) is 18.3 Å². The van der Waals surface area contributed by atoms with E-state index in [1.807, 2.05) is 0 Å². The third kappa shape index (κ3) is 2.86. The van der Waals surface area contributed by atoms with E-state index in [9.17, 15) is 0 Å². The van der Waals surface area contributed by atoms with Crippen LogP contribution in [-0.4, -0.2) is 13.1 Å². The predicted molar refractivity (Wildman–Crippen MR) is 78.8 cm³/mol. The van der Waals surface area contributed by atoms with Crippen molar-refractivity contribution in [3.05, 3.63) is 29.8 Å². The summed E-state index contributed by atoms with van der Waals surface area (Å²) in [6.07, 6.45) is 2.33. The van der Waals surface area contributed by atoms with Crippen molar-refractivity contribution in [2.75, 3.05) is 18.0 Å². The molecule has 2 unspecified atom stereocenters. The molecule has 1 fully saturated rings. The van der Waals surface area contributed by atoms with Gasteiger partial charge in [-0.05, 0) is 42.4 Å². The Kier molecular flexibility index (Phi) is 4.28. The predicted octanol–water partition coefficient (Wildman–Crippen LogP) is 3.58. The van der Waals surface area contributed by atoms with Crippen molar-refractivity contribution < 1.29 is 0 Å². The van der Waals surface area contributed by atoms with Crippen molar-refractivity contribution in [1.82, 2.24) is 0 Å². The highest BCUT2D eigenvalue weighted by Gasteiger charge is 2.24. The van der Waals surface area contributed by atoms with Crippen LogP contribution in [0, 0.1) is 11.8 Å². The van der Waals surface area contributed by atoms with Crippen LogP contribution in [0.3, 0.4) is 0 Å². The second kappa shape index (κ2) is 5.75. The third-order valence-corrected chi connectivity index (χ3v) is 4.29. The molecule has 2 N–H and O–H groups in total. The minimum atomic E-state index is 0.182. The summed E-state index contributed by atoms with van der Waals surface area (Å²) in [6.45, 7) is 9.19. The van der Waals surface area contributed by atoms with Gasteiger partial charge in [-0.3, -0.25) is 0 Å². The topological polar surface area (TPSA) is 29.3 Å². The molecule has 0 aromatic heterocycles. The molecule has 0 aliphatic carbocycles. The quantitative estimate of drug-likeness (QED) is 0.880. The third-order valence-electron chi connectivity index (χ3n) is 4.29. The summed E-state index contributed by atoms with van der Waals surface area (Å²) >= 11 is 0. The SMILES string of the molecule is CCC(N)c1ccc(N2CCC(C(C)C)C2)cc1. The van der Waals surface area contributed by atoms with Gasteiger partial charge in [0.2, 0.25) is 0 Å². The molecule has 1 heterocycles. The van der Waals surface area contributed by atoms with Crippen molar-refractivity contribution in [3.63, 3.8) is 0 Å². The first-order valence-electron chi connectivity index (χ1n) is 7.22. The van der Waals surface area contributed by atoms with Gasteiger partial charge in [0.15, 0.2) is 0 Å². The fourth-order valence-electron chi connectivity index (χ4n) is 2.73. The summed E-state index contributed by atoms with van der Waals surface area (Å²) in [6, 6.07) is 9.01. The Morgan fingerprint density at radius 2 is 1.94 bits per heavy atom. The Labute approximate surface area is 111 Å². The van der Waals surface area contributed by atoms with Crippen LogP contribution in [0.15, 0.2) is 24.3 Å². The average Bonchev–Trinajstić information content (AvgIpc) is 2.88. The summed E-state index contributed by atoms with van der Waals surface area (Å²) in [5, 5.41) is 0. The summed E-state index contributed by atoms with van der Waals surface area (Å²) in [7, 11) is 0. The van der Waals surface area contributed by atoms with Crippen LogP contribution >= 0.6 is 0 Å². The second-order valence-electron chi connectivity index (χ2n) is 5.85. The first kappa shape index (κ1) is 13.4. The molecule has 1 aromatic carbocycles. The molecule has 1 aliphatic rings. The van der Waals surface area contributed by atoms with E-state index in [0.29, 0.717) is 0 Å². The van der Waals surface area contributed by atoms with Gasteiger partial charge in [0.1, 0.15) is 0 Å². The lowest BCUT2D eigenvalue weighted by Gasteiger charge is -2.21. The number of anilines is 1. The molecule has 1 aromatic rings. The molecule has 2 rings (SSSR count). The average molecular weight is 246 g/mol. The normalized spacial score (nSPS) is 21.6. The molecule has 18 heavy (non-hydrogen) atoms. The number of hydrogen-bond acceptors (Lipinski definition) is 2. The summed E-state index contributed by atoms with van der Waals surface area (Å²) in [4.78, 5) is 2.51. The molecule has 2 heteroatoms. The molecule has 2 nitrogen and oxygen atoms in total. The number of nitrogens with two attached hydrogens (primary N) is 1. The first-order chi connectivity index (χ1) is 8.61. The van der Waals surface area contributed by atoms with Crippen LogP contribution < -0.4 is 10.6 Å². The Morgan fingerprint density at radius 1 is 1.28 bits per heavy atom. The highest BCUT2D eigenvalue weighted by molar-refractivity contribution is 5.49. The molecule has 0 spiro atoms. The highest BCUT2D eigenvalue weighted by Crippen LogP contribution is 2.29. The Balaban J connectivity index is 2.02. The lowest BCUT2D eigenvalue weighted by Crippen LogP contribution is -2.21. The summed E-state index contributed by atoms with van der Waals surface area (Å²) < 4.78 is 0. The Morgan fingerprint density at radius 3 is 2.44 bits per heavy atom. The molecular formula is C16H26N2. The molecule has 0 bridgehead atoms. The Bertz CT molecular complexity index is 369. The van der Waals surface area contributed by atoms with Gasteiger partial charge >= 0.3 is 0 Å². The van der Waals surface area contributed by atoms with Crippen LogP contribution in [0.1, 0.15) is 45.2 Å². The van der Waals surface area contributed by atoms with Crippen molar-refractivity contribution in [2.24, 2.45) is 17.6 Å². The minimum absolute atomic E-state index is 0.182. The van der Waals surface area contributed by atoms with E-state index >= 15 is 0 Å². The lowest BCUT2D eigenvalue weighted by atomic mass is 9.95. The molecule has 0 radical (unpaired) electrons. The minimum Gasteiger partial charge on any atom is -0.371 e. The number of nitrogens with zero attached hydrogens (tertiary/aromatic N) is 1. The van der Waals surface area contributed by atoms with Gasteiger partial charge in [0, 0.05) is 24.8 Å². The van der Waals surface area contributed by atoms with Crippen LogP contribution in [0.25, 0.3) is 0 Å². The summed E-state index contributed by atoms with van der Waals surface area (Å²) in [5.41, 5.74) is 8.65. The van der Waals surface area contributed by atoms with Gasteiger partial charge < -0.3 is 10.6 Å².